The maximum absolute atomic E-state index is 12.3. The average Bonchev–Trinajstić information content (AvgIpc) is 2.86. The van der Waals surface area contributed by atoms with Gasteiger partial charge in [0.25, 0.3) is 0 Å². The van der Waals surface area contributed by atoms with Crippen LogP contribution in [0.25, 0.3) is 0 Å². The van der Waals surface area contributed by atoms with Crippen molar-refractivity contribution < 1.29 is 4.79 Å². The summed E-state index contributed by atoms with van der Waals surface area (Å²) in [5, 5.41) is 6.71. The lowest BCUT2D eigenvalue weighted by atomic mass is 10.0. The first-order valence-electron chi connectivity index (χ1n) is 6.96. The van der Waals surface area contributed by atoms with Gasteiger partial charge < -0.3 is 15.5 Å². The molecule has 4 nitrogen and oxygen atoms in total. The van der Waals surface area contributed by atoms with Crippen LogP contribution in [0.1, 0.15) is 20.3 Å². The zero-order valence-corrected chi connectivity index (χ0v) is 11.8. The van der Waals surface area contributed by atoms with Gasteiger partial charge in [-0.15, -0.1) is 0 Å². The molecule has 1 saturated heterocycles. The van der Waals surface area contributed by atoms with Crippen molar-refractivity contribution in [3.8, 4) is 0 Å². The summed E-state index contributed by atoms with van der Waals surface area (Å²) in [6, 6.07) is 9.83. The first-order chi connectivity index (χ1) is 9.14. The molecule has 1 aromatic carbocycles. The van der Waals surface area contributed by atoms with Gasteiger partial charge in [-0.1, -0.05) is 18.2 Å². The standard InChI is InChI=1S/C15H23N3O/c1-3-18(13-7-5-4-6-8-13)14(19)11-17-15(2)9-10-16-12-15/h4-8,16-17H,3,9-12H2,1-2H3. The van der Waals surface area contributed by atoms with E-state index in [1.165, 1.54) is 0 Å². The number of nitrogens with zero attached hydrogens (tertiary/aromatic N) is 1. The predicted molar refractivity (Wildman–Crippen MR) is 78.4 cm³/mol. The highest BCUT2D eigenvalue weighted by atomic mass is 16.2. The Kier molecular flexibility index (Phi) is 4.56. The minimum Gasteiger partial charge on any atom is -0.315 e. The molecule has 0 saturated carbocycles. The zero-order valence-electron chi connectivity index (χ0n) is 11.8. The van der Waals surface area contributed by atoms with E-state index in [4.69, 9.17) is 0 Å². The molecular weight excluding hydrogens is 238 g/mol. The van der Waals surface area contributed by atoms with Crippen molar-refractivity contribution in [2.45, 2.75) is 25.8 Å². The second-order valence-corrected chi connectivity index (χ2v) is 5.31. The van der Waals surface area contributed by atoms with Gasteiger partial charge in [0.2, 0.25) is 5.91 Å². The third-order valence-corrected chi connectivity index (χ3v) is 3.72. The van der Waals surface area contributed by atoms with Gasteiger partial charge in [-0.3, -0.25) is 4.79 Å². The normalized spacial score (nSPS) is 22.4. The predicted octanol–water partition coefficient (Wildman–Crippen LogP) is 1.38. The largest absolute Gasteiger partial charge is 0.315 e. The maximum atomic E-state index is 12.3. The number of nitrogens with one attached hydrogen (secondary N) is 2. The lowest BCUT2D eigenvalue weighted by Gasteiger charge is -2.27. The molecule has 1 aromatic rings. The van der Waals surface area contributed by atoms with Gasteiger partial charge >= 0.3 is 0 Å². The molecule has 0 bridgehead atoms. The number of hydrogen-bond acceptors (Lipinski definition) is 3. The van der Waals surface area contributed by atoms with E-state index in [1.807, 2.05) is 42.2 Å². The Labute approximate surface area is 115 Å². The molecule has 4 heteroatoms. The average molecular weight is 261 g/mol. The van der Waals surface area contributed by atoms with Gasteiger partial charge in [-0.25, -0.2) is 0 Å². The number of hydrogen-bond donors (Lipinski definition) is 2. The Balaban J connectivity index is 1.94. The van der Waals surface area contributed by atoms with Crippen LogP contribution in [0.3, 0.4) is 0 Å². The number of rotatable bonds is 5. The summed E-state index contributed by atoms with van der Waals surface area (Å²) < 4.78 is 0. The van der Waals surface area contributed by atoms with Crippen LogP contribution in [0.4, 0.5) is 5.69 Å². The van der Waals surface area contributed by atoms with Crippen LogP contribution in [0.5, 0.6) is 0 Å². The number of amides is 1. The SMILES string of the molecule is CCN(C(=O)CNC1(C)CCNC1)c1ccccc1. The Morgan fingerprint density at radius 2 is 2.16 bits per heavy atom. The summed E-state index contributed by atoms with van der Waals surface area (Å²) in [5.41, 5.74) is 1.01. The Morgan fingerprint density at radius 1 is 1.42 bits per heavy atom. The molecule has 0 radical (unpaired) electrons. The zero-order chi connectivity index (χ0) is 13.7. The molecule has 0 aromatic heterocycles. The number of carbonyl (C=O) groups is 1. The molecule has 2 rings (SSSR count). The quantitative estimate of drug-likeness (QED) is 0.841. The Bertz CT molecular complexity index is 413. The first kappa shape index (κ1) is 14.0. The summed E-state index contributed by atoms with van der Waals surface area (Å²) in [6.07, 6.45) is 1.07. The van der Waals surface area contributed by atoms with Crippen LogP contribution in [-0.2, 0) is 4.79 Å². The van der Waals surface area contributed by atoms with Gasteiger partial charge in [0.15, 0.2) is 0 Å². The van der Waals surface area contributed by atoms with Crippen molar-refractivity contribution in [1.29, 1.82) is 0 Å². The fraction of sp³-hybridized carbons (Fsp3) is 0.533. The number of carbonyl (C=O) groups excluding carboxylic acids is 1. The molecule has 1 amide bonds. The van der Waals surface area contributed by atoms with Crippen molar-refractivity contribution in [2.24, 2.45) is 0 Å². The van der Waals surface area contributed by atoms with E-state index >= 15 is 0 Å². The lowest BCUT2D eigenvalue weighted by molar-refractivity contribution is -0.118. The fourth-order valence-corrected chi connectivity index (χ4v) is 2.46. The molecule has 1 fully saturated rings. The van der Waals surface area contributed by atoms with Crippen molar-refractivity contribution >= 4 is 11.6 Å². The number of para-hydroxylation sites is 1. The van der Waals surface area contributed by atoms with Crippen molar-refractivity contribution in [3.05, 3.63) is 30.3 Å². The maximum Gasteiger partial charge on any atom is 0.240 e. The third kappa shape index (κ3) is 3.55. The van der Waals surface area contributed by atoms with E-state index in [-0.39, 0.29) is 11.4 Å². The van der Waals surface area contributed by atoms with Crippen LogP contribution < -0.4 is 15.5 Å². The van der Waals surface area contributed by atoms with Crippen molar-refractivity contribution in [2.75, 3.05) is 31.1 Å². The van der Waals surface area contributed by atoms with Crippen LogP contribution in [0.15, 0.2) is 30.3 Å². The van der Waals surface area contributed by atoms with Crippen molar-refractivity contribution in [1.82, 2.24) is 10.6 Å². The third-order valence-electron chi connectivity index (χ3n) is 3.72. The molecule has 2 N–H and O–H groups in total. The molecule has 1 heterocycles. The molecule has 19 heavy (non-hydrogen) atoms. The van der Waals surface area contributed by atoms with Crippen LogP contribution in [0.2, 0.25) is 0 Å². The minimum absolute atomic E-state index is 0.0474. The molecule has 0 spiro atoms. The van der Waals surface area contributed by atoms with E-state index in [9.17, 15) is 4.79 Å². The highest BCUT2D eigenvalue weighted by molar-refractivity contribution is 5.94. The van der Waals surface area contributed by atoms with E-state index in [0.717, 1.165) is 25.2 Å². The molecule has 104 valence electrons. The van der Waals surface area contributed by atoms with Crippen LogP contribution in [0, 0.1) is 0 Å². The van der Waals surface area contributed by atoms with Gasteiger partial charge in [0, 0.05) is 24.3 Å². The number of benzene rings is 1. The molecule has 1 aliphatic rings. The van der Waals surface area contributed by atoms with Gasteiger partial charge in [-0.05, 0) is 38.9 Å². The molecule has 1 atom stereocenters. The number of anilines is 1. The van der Waals surface area contributed by atoms with E-state index in [0.29, 0.717) is 13.1 Å². The van der Waals surface area contributed by atoms with Crippen LogP contribution in [-0.4, -0.2) is 37.6 Å². The minimum atomic E-state index is 0.0474. The smallest absolute Gasteiger partial charge is 0.240 e. The summed E-state index contributed by atoms with van der Waals surface area (Å²) in [4.78, 5) is 14.1. The topological polar surface area (TPSA) is 44.4 Å². The molecule has 1 aliphatic heterocycles. The highest BCUT2D eigenvalue weighted by Crippen LogP contribution is 2.15. The second kappa shape index (κ2) is 6.17. The van der Waals surface area contributed by atoms with Crippen LogP contribution >= 0.6 is 0 Å². The number of likely N-dealkylation sites (N-methyl/N-ethyl adjacent to an activating group) is 1. The van der Waals surface area contributed by atoms with E-state index in [1.54, 1.807) is 0 Å². The van der Waals surface area contributed by atoms with Crippen molar-refractivity contribution in [3.63, 3.8) is 0 Å². The molecular formula is C15H23N3O. The summed E-state index contributed by atoms with van der Waals surface area (Å²) >= 11 is 0. The fourth-order valence-electron chi connectivity index (χ4n) is 2.46. The summed E-state index contributed by atoms with van der Waals surface area (Å²) in [6.45, 7) is 7.20. The molecule has 0 aliphatic carbocycles. The first-order valence-corrected chi connectivity index (χ1v) is 6.96. The van der Waals surface area contributed by atoms with Gasteiger partial charge in [0.05, 0.1) is 6.54 Å². The summed E-state index contributed by atoms with van der Waals surface area (Å²) in [5.74, 6) is 0.127. The second-order valence-electron chi connectivity index (χ2n) is 5.31. The van der Waals surface area contributed by atoms with E-state index in [2.05, 4.69) is 17.6 Å². The van der Waals surface area contributed by atoms with Gasteiger partial charge in [-0.2, -0.15) is 0 Å². The van der Waals surface area contributed by atoms with E-state index < -0.39 is 0 Å². The summed E-state index contributed by atoms with van der Waals surface area (Å²) in [7, 11) is 0. The Hall–Kier alpha value is -1.39. The Morgan fingerprint density at radius 3 is 2.74 bits per heavy atom. The monoisotopic (exact) mass is 261 g/mol. The lowest BCUT2D eigenvalue weighted by Crippen LogP contribution is -2.49. The highest BCUT2D eigenvalue weighted by Gasteiger charge is 2.28. The van der Waals surface area contributed by atoms with Gasteiger partial charge in [0.1, 0.15) is 0 Å². The molecule has 1 unspecified atom stereocenters.